The minimum Gasteiger partial charge on any atom is -0.466 e. The predicted octanol–water partition coefficient (Wildman–Crippen LogP) is 2.45. The van der Waals surface area contributed by atoms with E-state index < -0.39 is 0 Å². The Labute approximate surface area is 129 Å². The zero-order valence-corrected chi connectivity index (χ0v) is 13.4. The van der Waals surface area contributed by atoms with E-state index in [1.165, 1.54) is 0 Å². The number of carbonyl (C=O) groups excluding carboxylic acids is 1. The number of H-pyrrole nitrogens is 1. The molecule has 0 aromatic carbocycles. The number of nitrogens with zero attached hydrogens (tertiary/aromatic N) is 2. The van der Waals surface area contributed by atoms with Gasteiger partial charge in [0.1, 0.15) is 11.5 Å². The van der Waals surface area contributed by atoms with Crippen LogP contribution in [-0.2, 0) is 4.74 Å². The lowest BCUT2D eigenvalue weighted by Gasteiger charge is -2.36. The number of hydrogen-bond donors (Lipinski definition) is 1. The fraction of sp³-hybridized carbons (Fsp3) is 0.500. The standard InChI is InChI=1S/C16H21N3O3/c1-9-7-13(12(4)22-9)16(20)19-5-6-21-8-14(19)15-10(2)17-18-11(15)3/h7,14H,5-6,8H2,1-4H3,(H,17,18). The van der Waals surface area contributed by atoms with E-state index in [1.807, 2.05) is 32.6 Å². The highest BCUT2D eigenvalue weighted by Crippen LogP contribution is 2.30. The lowest BCUT2D eigenvalue weighted by Crippen LogP contribution is -2.43. The van der Waals surface area contributed by atoms with E-state index in [2.05, 4.69) is 10.2 Å². The highest BCUT2D eigenvalue weighted by Gasteiger charge is 2.33. The molecule has 3 heterocycles. The van der Waals surface area contributed by atoms with Gasteiger partial charge in [0.25, 0.3) is 5.91 Å². The number of aryl methyl sites for hydroxylation is 4. The number of hydrogen-bond acceptors (Lipinski definition) is 4. The summed E-state index contributed by atoms with van der Waals surface area (Å²) in [4.78, 5) is 14.8. The van der Waals surface area contributed by atoms with Gasteiger partial charge in [0.2, 0.25) is 0 Å². The second-order valence-electron chi connectivity index (χ2n) is 5.76. The van der Waals surface area contributed by atoms with Gasteiger partial charge in [-0.2, -0.15) is 5.10 Å². The molecule has 1 aliphatic rings. The smallest absolute Gasteiger partial charge is 0.258 e. The third-order valence-electron chi connectivity index (χ3n) is 4.18. The monoisotopic (exact) mass is 303 g/mol. The zero-order valence-electron chi connectivity index (χ0n) is 13.4. The molecular formula is C16H21N3O3. The number of rotatable bonds is 2. The molecule has 0 saturated carbocycles. The van der Waals surface area contributed by atoms with Crippen LogP contribution in [0.4, 0.5) is 0 Å². The number of ether oxygens (including phenoxy) is 1. The quantitative estimate of drug-likeness (QED) is 0.925. The van der Waals surface area contributed by atoms with Crippen LogP contribution in [0.3, 0.4) is 0 Å². The Kier molecular flexibility index (Phi) is 3.78. The third kappa shape index (κ3) is 2.43. The topological polar surface area (TPSA) is 71.4 Å². The van der Waals surface area contributed by atoms with Crippen LogP contribution in [0.5, 0.6) is 0 Å². The van der Waals surface area contributed by atoms with Crippen molar-refractivity contribution in [3.8, 4) is 0 Å². The van der Waals surface area contributed by atoms with Crippen molar-refractivity contribution in [2.24, 2.45) is 0 Å². The lowest BCUT2D eigenvalue weighted by molar-refractivity contribution is -0.00310. The molecule has 1 saturated heterocycles. The van der Waals surface area contributed by atoms with Gasteiger partial charge in [-0.25, -0.2) is 0 Å². The van der Waals surface area contributed by atoms with Crippen LogP contribution >= 0.6 is 0 Å². The second-order valence-corrected chi connectivity index (χ2v) is 5.76. The minimum atomic E-state index is -0.116. The van der Waals surface area contributed by atoms with Gasteiger partial charge in [-0.05, 0) is 33.8 Å². The Bertz CT molecular complexity index is 682. The van der Waals surface area contributed by atoms with Crippen LogP contribution in [-0.4, -0.2) is 40.8 Å². The molecule has 6 heteroatoms. The maximum absolute atomic E-state index is 12.9. The molecule has 1 amide bonds. The molecule has 1 N–H and O–H groups in total. The van der Waals surface area contributed by atoms with E-state index in [-0.39, 0.29) is 11.9 Å². The van der Waals surface area contributed by atoms with E-state index in [4.69, 9.17) is 9.15 Å². The number of nitrogens with one attached hydrogen (secondary N) is 1. The molecule has 3 rings (SSSR count). The van der Waals surface area contributed by atoms with Crippen LogP contribution in [0.15, 0.2) is 10.5 Å². The molecular weight excluding hydrogens is 282 g/mol. The van der Waals surface area contributed by atoms with Gasteiger partial charge < -0.3 is 14.1 Å². The number of aromatic nitrogens is 2. The number of furan rings is 1. The fourth-order valence-electron chi connectivity index (χ4n) is 3.13. The SMILES string of the molecule is Cc1cc(C(=O)N2CCOCC2c2c(C)n[nH]c2C)c(C)o1. The summed E-state index contributed by atoms with van der Waals surface area (Å²) in [6.07, 6.45) is 0. The maximum Gasteiger partial charge on any atom is 0.258 e. The summed E-state index contributed by atoms with van der Waals surface area (Å²) in [6, 6.07) is 1.69. The summed E-state index contributed by atoms with van der Waals surface area (Å²) in [5, 5.41) is 7.23. The van der Waals surface area contributed by atoms with Gasteiger partial charge in [-0.15, -0.1) is 0 Å². The molecule has 1 atom stereocenters. The molecule has 2 aromatic heterocycles. The van der Waals surface area contributed by atoms with Crippen LogP contribution in [0.2, 0.25) is 0 Å². The minimum absolute atomic E-state index is 0.0114. The molecule has 1 fully saturated rings. The second kappa shape index (κ2) is 5.61. The Hall–Kier alpha value is -2.08. The van der Waals surface area contributed by atoms with Crippen molar-refractivity contribution >= 4 is 5.91 Å². The van der Waals surface area contributed by atoms with Crippen LogP contribution in [0.25, 0.3) is 0 Å². The highest BCUT2D eigenvalue weighted by molar-refractivity contribution is 5.95. The zero-order chi connectivity index (χ0) is 15.9. The van der Waals surface area contributed by atoms with E-state index in [0.717, 1.165) is 22.7 Å². The first kappa shape index (κ1) is 14.8. The number of carbonyl (C=O) groups is 1. The summed E-state index contributed by atoms with van der Waals surface area (Å²) in [5.41, 5.74) is 3.56. The Morgan fingerprint density at radius 2 is 2.14 bits per heavy atom. The van der Waals surface area contributed by atoms with Gasteiger partial charge >= 0.3 is 0 Å². The average molecular weight is 303 g/mol. The van der Waals surface area contributed by atoms with Crippen molar-refractivity contribution in [3.63, 3.8) is 0 Å². The van der Waals surface area contributed by atoms with Gasteiger partial charge in [0, 0.05) is 17.8 Å². The van der Waals surface area contributed by atoms with Crippen molar-refractivity contribution in [1.82, 2.24) is 15.1 Å². The predicted molar refractivity (Wildman–Crippen MR) is 80.8 cm³/mol. The molecule has 6 nitrogen and oxygen atoms in total. The summed E-state index contributed by atoms with van der Waals surface area (Å²) in [7, 11) is 0. The van der Waals surface area contributed by atoms with Gasteiger partial charge in [-0.3, -0.25) is 9.89 Å². The Morgan fingerprint density at radius 1 is 1.36 bits per heavy atom. The third-order valence-corrected chi connectivity index (χ3v) is 4.18. The largest absolute Gasteiger partial charge is 0.466 e. The number of amides is 1. The van der Waals surface area contributed by atoms with E-state index in [1.54, 1.807) is 6.07 Å². The number of aromatic amines is 1. The first-order chi connectivity index (χ1) is 10.5. The molecule has 1 unspecified atom stereocenters. The summed E-state index contributed by atoms with van der Waals surface area (Å²) >= 11 is 0. The maximum atomic E-state index is 12.9. The summed E-state index contributed by atoms with van der Waals surface area (Å²) < 4.78 is 11.1. The van der Waals surface area contributed by atoms with E-state index >= 15 is 0 Å². The molecule has 118 valence electrons. The lowest BCUT2D eigenvalue weighted by atomic mass is 10.0. The van der Waals surface area contributed by atoms with Gasteiger partial charge in [0.15, 0.2) is 0 Å². The highest BCUT2D eigenvalue weighted by atomic mass is 16.5. The van der Waals surface area contributed by atoms with Crippen molar-refractivity contribution in [3.05, 3.63) is 40.1 Å². The first-order valence-corrected chi connectivity index (χ1v) is 7.46. The molecule has 0 aliphatic carbocycles. The van der Waals surface area contributed by atoms with Gasteiger partial charge in [0.05, 0.1) is 30.5 Å². The molecule has 22 heavy (non-hydrogen) atoms. The number of morpholine rings is 1. The fourth-order valence-corrected chi connectivity index (χ4v) is 3.13. The summed E-state index contributed by atoms with van der Waals surface area (Å²) in [5.74, 6) is 1.40. The molecule has 2 aromatic rings. The van der Waals surface area contributed by atoms with Crippen molar-refractivity contribution in [2.75, 3.05) is 19.8 Å². The van der Waals surface area contributed by atoms with Crippen LogP contribution in [0.1, 0.15) is 44.9 Å². The van der Waals surface area contributed by atoms with E-state index in [0.29, 0.717) is 31.1 Å². The van der Waals surface area contributed by atoms with Crippen molar-refractivity contribution in [2.45, 2.75) is 33.7 Å². The Morgan fingerprint density at radius 3 is 2.73 bits per heavy atom. The molecule has 0 spiro atoms. The van der Waals surface area contributed by atoms with Crippen LogP contribution in [0, 0.1) is 27.7 Å². The normalized spacial score (nSPS) is 18.7. The van der Waals surface area contributed by atoms with E-state index in [9.17, 15) is 4.79 Å². The molecule has 0 radical (unpaired) electrons. The molecule has 1 aliphatic heterocycles. The molecule has 0 bridgehead atoms. The first-order valence-electron chi connectivity index (χ1n) is 7.46. The average Bonchev–Trinajstić information content (AvgIpc) is 3.00. The van der Waals surface area contributed by atoms with Crippen LogP contribution < -0.4 is 0 Å². The van der Waals surface area contributed by atoms with Crippen molar-refractivity contribution in [1.29, 1.82) is 0 Å². The van der Waals surface area contributed by atoms with Crippen molar-refractivity contribution < 1.29 is 13.9 Å². The van der Waals surface area contributed by atoms with Gasteiger partial charge in [-0.1, -0.05) is 0 Å². The summed E-state index contributed by atoms with van der Waals surface area (Å²) in [6.45, 7) is 9.20. The Balaban J connectivity index is 1.96.